The van der Waals surface area contributed by atoms with Crippen LogP contribution in [0.25, 0.3) is 0 Å². The molecule has 0 atom stereocenters. The van der Waals surface area contributed by atoms with Gasteiger partial charge in [-0.3, -0.25) is 0 Å². The topological polar surface area (TPSA) is 28.7 Å². The fourth-order valence-corrected chi connectivity index (χ4v) is 1.86. The van der Waals surface area contributed by atoms with Gasteiger partial charge in [0.15, 0.2) is 0 Å². The molecule has 0 aliphatic heterocycles. The molecule has 1 heterocycles. The lowest BCUT2D eigenvalue weighted by Gasteiger charge is -2.08. The van der Waals surface area contributed by atoms with Gasteiger partial charge in [0.25, 0.3) is 0 Å². The summed E-state index contributed by atoms with van der Waals surface area (Å²) in [6.45, 7) is 5.14. The highest BCUT2D eigenvalue weighted by atomic mass is 15.0. The van der Waals surface area contributed by atoms with Crippen LogP contribution in [0.5, 0.6) is 0 Å². The highest BCUT2D eigenvalue weighted by Gasteiger charge is 2.02. The quantitative estimate of drug-likeness (QED) is 0.784. The van der Waals surface area contributed by atoms with Crippen molar-refractivity contribution >= 4 is 0 Å². The second-order valence-corrected chi connectivity index (χ2v) is 4.53. The van der Waals surface area contributed by atoms with Crippen molar-refractivity contribution in [3.05, 3.63) is 59.4 Å². The van der Waals surface area contributed by atoms with Crippen molar-refractivity contribution in [2.75, 3.05) is 0 Å². The number of hydrogen-bond acceptors (Lipinski definition) is 1. The van der Waals surface area contributed by atoms with Crippen molar-refractivity contribution in [3.8, 4) is 6.07 Å². The lowest BCUT2D eigenvalue weighted by molar-refractivity contribution is 0.790. The molecule has 0 radical (unpaired) electrons. The normalized spacial score (nSPS) is 10.5. The first-order chi connectivity index (χ1) is 8.20. The molecule has 0 N–H and O–H groups in total. The van der Waals surface area contributed by atoms with Crippen LogP contribution in [-0.4, -0.2) is 4.57 Å². The van der Waals surface area contributed by atoms with E-state index in [2.05, 4.69) is 44.2 Å². The zero-order valence-corrected chi connectivity index (χ0v) is 10.2. The number of benzene rings is 1. The second kappa shape index (κ2) is 4.88. The minimum Gasteiger partial charge on any atom is -0.335 e. The standard InChI is InChI=1S/C15H16N2/c1-12(2)14-7-5-13(6-8-14)11-17-9-3-4-15(17)10-16/h3-9,12H,11H2,1-2H3. The van der Waals surface area contributed by atoms with Crippen LogP contribution in [0.3, 0.4) is 0 Å². The van der Waals surface area contributed by atoms with Crippen LogP contribution >= 0.6 is 0 Å². The van der Waals surface area contributed by atoms with Gasteiger partial charge in [-0.2, -0.15) is 5.26 Å². The average Bonchev–Trinajstić information content (AvgIpc) is 2.77. The van der Waals surface area contributed by atoms with Crippen molar-refractivity contribution in [3.63, 3.8) is 0 Å². The van der Waals surface area contributed by atoms with Crippen LogP contribution in [0.15, 0.2) is 42.6 Å². The Kier molecular flexibility index (Phi) is 3.30. The number of nitrogens with zero attached hydrogens (tertiary/aromatic N) is 2. The number of aromatic nitrogens is 1. The molecule has 1 aromatic heterocycles. The predicted octanol–water partition coefficient (Wildman–Crippen LogP) is 3.53. The van der Waals surface area contributed by atoms with E-state index >= 15 is 0 Å². The van der Waals surface area contributed by atoms with E-state index in [1.807, 2.05) is 22.9 Å². The molecule has 86 valence electrons. The molecular weight excluding hydrogens is 208 g/mol. The van der Waals surface area contributed by atoms with E-state index in [1.54, 1.807) is 0 Å². The van der Waals surface area contributed by atoms with Gasteiger partial charge in [-0.05, 0) is 29.2 Å². The highest BCUT2D eigenvalue weighted by Crippen LogP contribution is 2.15. The Bertz CT molecular complexity index is 527. The molecule has 0 spiro atoms. The van der Waals surface area contributed by atoms with Crippen LogP contribution < -0.4 is 0 Å². The van der Waals surface area contributed by atoms with E-state index in [0.717, 1.165) is 6.54 Å². The second-order valence-electron chi connectivity index (χ2n) is 4.53. The molecule has 0 amide bonds. The van der Waals surface area contributed by atoms with Crippen LogP contribution in [0.1, 0.15) is 36.6 Å². The van der Waals surface area contributed by atoms with Crippen molar-refractivity contribution in [1.82, 2.24) is 4.57 Å². The Morgan fingerprint density at radius 1 is 1.18 bits per heavy atom. The number of hydrogen-bond donors (Lipinski definition) is 0. The number of nitriles is 1. The van der Waals surface area contributed by atoms with E-state index < -0.39 is 0 Å². The van der Waals surface area contributed by atoms with Crippen LogP contribution in [0.2, 0.25) is 0 Å². The summed E-state index contributed by atoms with van der Waals surface area (Å²) in [6.07, 6.45) is 1.94. The SMILES string of the molecule is CC(C)c1ccc(Cn2cccc2C#N)cc1. The van der Waals surface area contributed by atoms with Gasteiger partial charge in [0, 0.05) is 12.7 Å². The summed E-state index contributed by atoms with van der Waals surface area (Å²) in [4.78, 5) is 0. The first-order valence-corrected chi connectivity index (χ1v) is 5.85. The monoisotopic (exact) mass is 224 g/mol. The van der Waals surface area contributed by atoms with Crippen LogP contribution in [0.4, 0.5) is 0 Å². The summed E-state index contributed by atoms with van der Waals surface area (Å²) in [5.74, 6) is 0.560. The zero-order valence-electron chi connectivity index (χ0n) is 10.2. The minimum atomic E-state index is 0.560. The molecular formula is C15H16N2. The first-order valence-electron chi connectivity index (χ1n) is 5.85. The molecule has 0 saturated carbocycles. The lowest BCUT2D eigenvalue weighted by atomic mass is 10.0. The van der Waals surface area contributed by atoms with Crippen molar-refractivity contribution in [2.45, 2.75) is 26.3 Å². The summed E-state index contributed by atoms with van der Waals surface area (Å²) in [7, 11) is 0. The molecule has 0 unspecified atom stereocenters. The van der Waals surface area contributed by atoms with E-state index in [-0.39, 0.29) is 0 Å². The maximum Gasteiger partial charge on any atom is 0.120 e. The molecule has 0 saturated heterocycles. The van der Waals surface area contributed by atoms with Gasteiger partial charge < -0.3 is 4.57 Å². The maximum atomic E-state index is 8.93. The maximum absolute atomic E-state index is 8.93. The Morgan fingerprint density at radius 2 is 1.88 bits per heavy atom. The Morgan fingerprint density at radius 3 is 2.47 bits per heavy atom. The Balaban J connectivity index is 2.17. The van der Waals surface area contributed by atoms with E-state index in [0.29, 0.717) is 11.6 Å². The third kappa shape index (κ3) is 2.57. The van der Waals surface area contributed by atoms with Gasteiger partial charge in [0.05, 0.1) is 0 Å². The van der Waals surface area contributed by atoms with E-state index in [9.17, 15) is 0 Å². The van der Waals surface area contributed by atoms with Gasteiger partial charge in [0.1, 0.15) is 11.8 Å². The van der Waals surface area contributed by atoms with Crippen molar-refractivity contribution in [1.29, 1.82) is 5.26 Å². The van der Waals surface area contributed by atoms with Crippen LogP contribution in [-0.2, 0) is 6.54 Å². The molecule has 2 heteroatoms. The molecule has 0 bridgehead atoms. The third-order valence-electron chi connectivity index (χ3n) is 2.94. The zero-order chi connectivity index (χ0) is 12.3. The van der Waals surface area contributed by atoms with Gasteiger partial charge in [-0.1, -0.05) is 38.1 Å². The summed E-state index contributed by atoms with van der Waals surface area (Å²) in [5, 5.41) is 8.93. The molecule has 0 aliphatic carbocycles. The highest BCUT2D eigenvalue weighted by molar-refractivity contribution is 5.27. The van der Waals surface area contributed by atoms with E-state index in [4.69, 9.17) is 5.26 Å². The summed E-state index contributed by atoms with van der Waals surface area (Å²) < 4.78 is 1.96. The molecule has 2 rings (SSSR count). The summed E-state index contributed by atoms with van der Waals surface area (Å²) >= 11 is 0. The van der Waals surface area contributed by atoms with Crippen LogP contribution in [0, 0.1) is 11.3 Å². The van der Waals surface area contributed by atoms with Crippen molar-refractivity contribution in [2.24, 2.45) is 0 Å². The van der Waals surface area contributed by atoms with Gasteiger partial charge >= 0.3 is 0 Å². The van der Waals surface area contributed by atoms with E-state index in [1.165, 1.54) is 11.1 Å². The molecule has 1 aromatic carbocycles. The molecule has 0 aliphatic rings. The summed E-state index contributed by atoms with van der Waals surface area (Å²) in [6, 6.07) is 14.5. The fraction of sp³-hybridized carbons (Fsp3) is 0.267. The predicted molar refractivity (Wildman–Crippen MR) is 68.8 cm³/mol. The van der Waals surface area contributed by atoms with Crippen molar-refractivity contribution < 1.29 is 0 Å². The smallest absolute Gasteiger partial charge is 0.120 e. The van der Waals surface area contributed by atoms with Gasteiger partial charge in [0.2, 0.25) is 0 Å². The largest absolute Gasteiger partial charge is 0.335 e. The third-order valence-corrected chi connectivity index (χ3v) is 2.94. The summed E-state index contributed by atoms with van der Waals surface area (Å²) in [5.41, 5.74) is 3.28. The Labute approximate surface area is 102 Å². The Hall–Kier alpha value is -2.01. The molecule has 2 nitrogen and oxygen atoms in total. The molecule has 2 aromatic rings. The average molecular weight is 224 g/mol. The van der Waals surface area contributed by atoms with Gasteiger partial charge in [-0.25, -0.2) is 0 Å². The first kappa shape index (κ1) is 11.5. The minimum absolute atomic E-state index is 0.560. The molecule has 17 heavy (non-hydrogen) atoms. The van der Waals surface area contributed by atoms with Gasteiger partial charge in [-0.15, -0.1) is 0 Å². The lowest BCUT2D eigenvalue weighted by Crippen LogP contribution is -2.00. The fourth-order valence-electron chi connectivity index (χ4n) is 1.86. The number of rotatable bonds is 3. The molecule has 0 fully saturated rings.